The van der Waals surface area contributed by atoms with Crippen molar-refractivity contribution in [1.82, 2.24) is 19.9 Å². The Labute approximate surface area is 262 Å². The van der Waals surface area contributed by atoms with E-state index in [0.29, 0.717) is 17.7 Å². The third-order valence-corrected chi connectivity index (χ3v) is 8.09. The molecule has 1 aliphatic rings. The van der Waals surface area contributed by atoms with Gasteiger partial charge in [0.15, 0.2) is 5.82 Å². The summed E-state index contributed by atoms with van der Waals surface area (Å²) >= 11 is 0. The Balaban J connectivity index is 0.00000353. The number of benzene rings is 3. The first-order valence-electron chi connectivity index (χ1n) is 14.0. The van der Waals surface area contributed by atoms with E-state index in [1.54, 1.807) is 0 Å². The summed E-state index contributed by atoms with van der Waals surface area (Å²) in [6.45, 7) is 9.30. The molecule has 0 spiro atoms. The van der Waals surface area contributed by atoms with Crippen LogP contribution in [0.4, 0.5) is 23.3 Å². The van der Waals surface area contributed by atoms with Crippen LogP contribution in [0.15, 0.2) is 91.1 Å². The third kappa shape index (κ3) is 5.59. The molecular weight excluding hydrogens is 697 g/mol. The minimum atomic E-state index is 0. The van der Waals surface area contributed by atoms with Crippen LogP contribution in [0.1, 0.15) is 45.2 Å². The van der Waals surface area contributed by atoms with Crippen molar-refractivity contribution in [3.8, 4) is 22.6 Å². The summed E-state index contributed by atoms with van der Waals surface area (Å²) in [6, 6.07) is 32.2. The molecule has 0 atom stereocenters. The maximum Gasteiger partial charge on any atom is 0.235 e. The molecule has 6 rings (SSSR count). The van der Waals surface area contributed by atoms with Gasteiger partial charge in [-0.25, -0.2) is 0 Å². The number of aromatic nitrogens is 4. The molecule has 0 aliphatic heterocycles. The van der Waals surface area contributed by atoms with Gasteiger partial charge in [0.2, 0.25) is 11.9 Å². The van der Waals surface area contributed by atoms with Crippen molar-refractivity contribution in [3.63, 3.8) is 0 Å². The maximum absolute atomic E-state index is 4.87. The van der Waals surface area contributed by atoms with Crippen molar-refractivity contribution in [1.29, 1.82) is 0 Å². The topological polar surface area (TPSA) is 58.0 Å². The molecule has 2 heterocycles. The largest absolute Gasteiger partial charge is 0.313 e. The van der Waals surface area contributed by atoms with Gasteiger partial charge in [-0.05, 0) is 47.2 Å². The number of hydrogen-bond donors (Lipinski definition) is 0. The summed E-state index contributed by atoms with van der Waals surface area (Å²) < 4.78 is 0. The Morgan fingerprint density at radius 3 is 1.76 bits per heavy atom. The molecule has 2 aromatic heterocycles. The summed E-state index contributed by atoms with van der Waals surface area (Å²) in [5.41, 5.74) is 7.74. The zero-order valence-electron chi connectivity index (χ0n) is 24.9. The van der Waals surface area contributed by atoms with Gasteiger partial charge in [-0.3, -0.25) is 0 Å². The van der Waals surface area contributed by atoms with Gasteiger partial charge in [-0.1, -0.05) is 76.2 Å². The van der Waals surface area contributed by atoms with Crippen molar-refractivity contribution in [2.45, 2.75) is 44.9 Å². The molecule has 6 nitrogen and oxygen atoms in total. The molecule has 0 bridgehead atoms. The monoisotopic (exact) mass is 732 g/mol. The number of rotatable bonds is 6. The molecule has 0 unspecified atom stereocenters. The standard InChI is InChI=1S/C35H35N6.Ir/c1-34(2)23-35(3,4)29-21-24(17-19-28(29)34)30-20-18-25(22-36-30)31-37-32(40(5)26-13-9-7-10-14-26)39-33(38-31)41(6)27-15-11-8-12-16-27;/h7-16,18-22H,23H2,1-6H3;/q-1;. The van der Waals surface area contributed by atoms with Gasteiger partial charge in [-0.15, -0.1) is 34.9 Å². The molecule has 0 saturated carbocycles. The molecule has 215 valence electrons. The van der Waals surface area contributed by atoms with Crippen molar-refractivity contribution in [2.75, 3.05) is 23.9 Å². The Kier molecular flexibility index (Phi) is 8.02. The fourth-order valence-electron chi connectivity index (χ4n) is 6.06. The fourth-order valence-corrected chi connectivity index (χ4v) is 6.06. The van der Waals surface area contributed by atoms with E-state index in [4.69, 9.17) is 19.9 Å². The number of pyridine rings is 1. The van der Waals surface area contributed by atoms with Crippen molar-refractivity contribution < 1.29 is 20.1 Å². The number of hydrogen-bond acceptors (Lipinski definition) is 6. The summed E-state index contributed by atoms with van der Waals surface area (Å²) in [4.78, 5) is 23.4. The van der Waals surface area contributed by atoms with Crippen LogP contribution in [-0.2, 0) is 30.9 Å². The average molecular weight is 732 g/mol. The molecule has 1 aliphatic carbocycles. The van der Waals surface area contributed by atoms with Gasteiger partial charge in [0.1, 0.15) is 0 Å². The van der Waals surface area contributed by atoms with Gasteiger partial charge in [0, 0.05) is 57.3 Å². The van der Waals surface area contributed by atoms with Crippen molar-refractivity contribution >= 4 is 23.3 Å². The van der Waals surface area contributed by atoms with Crippen LogP contribution in [-0.4, -0.2) is 34.0 Å². The Hall–Kier alpha value is -3.93. The zero-order chi connectivity index (χ0) is 28.8. The van der Waals surface area contributed by atoms with Crippen LogP contribution >= 0.6 is 0 Å². The number of fused-ring (bicyclic) bond motifs is 1. The third-order valence-electron chi connectivity index (χ3n) is 8.09. The van der Waals surface area contributed by atoms with E-state index in [2.05, 4.69) is 45.9 Å². The van der Waals surface area contributed by atoms with Crippen LogP contribution in [0, 0.1) is 6.07 Å². The van der Waals surface area contributed by atoms with Gasteiger partial charge in [0.05, 0.1) is 0 Å². The van der Waals surface area contributed by atoms with Crippen LogP contribution in [0.2, 0.25) is 0 Å². The SMILES string of the molecule is CN(c1ccccc1)c1nc(-c2ccc(-c3[c-]cc4c(c3)C(C)(C)CC4(C)C)nc2)nc(N(C)c2ccccc2)n1.[Ir]. The van der Waals surface area contributed by atoms with Crippen LogP contribution in [0.5, 0.6) is 0 Å². The molecular formula is C35H35IrN6-. The predicted molar refractivity (Wildman–Crippen MR) is 167 cm³/mol. The molecule has 0 amide bonds. The van der Waals surface area contributed by atoms with Crippen LogP contribution < -0.4 is 9.80 Å². The van der Waals surface area contributed by atoms with Crippen molar-refractivity contribution in [2.24, 2.45) is 0 Å². The van der Waals surface area contributed by atoms with E-state index in [0.717, 1.165) is 34.6 Å². The molecule has 3 aromatic carbocycles. The quantitative estimate of drug-likeness (QED) is 0.166. The van der Waals surface area contributed by atoms with Crippen LogP contribution in [0.25, 0.3) is 22.6 Å². The molecule has 42 heavy (non-hydrogen) atoms. The predicted octanol–water partition coefficient (Wildman–Crippen LogP) is 7.89. The second-order valence-corrected chi connectivity index (χ2v) is 12.1. The van der Waals surface area contributed by atoms with E-state index in [1.165, 1.54) is 11.1 Å². The Morgan fingerprint density at radius 2 is 1.24 bits per heavy atom. The minimum Gasteiger partial charge on any atom is -0.313 e. The Morgan fingerprint density at radius 1 is 0.690 bits per heavy atom. The minimum absolute atomic E-state index is 0. The van der Waals surface area contributed by atoms with E-state index < -0.39 is 0 Å². The van der Waals surface area contributed by atoms with Gasteiger partial charge in [0.25, 0.3) is 0 Å². The summed E-state index contributed by atoms with van der Waals surface area (Å²) in [7, 11) is 3.93. The number of nitrogens with zero attached hydrogens (tertiary/aromatic N) is 6. The van der Waals surface area contributed by atoms with E-state index >= 15 is 0 Å². The Bertz CT molecular complexity index is 1620. The molecule has 0 fully saturated rings. The maximum atomic E-state index is 4.87. The van der Waals surface area contributed by atoms with Crippen molar-refractivity contribution in [3.05, 3.63) is 108 Å². The summed E-state index contributed by atoms with van der Waals surface area (Å²) in [5, 5.41) is 0. The number of para-hydroxylation sites is 2. The van der Waals surface area contributed by atoms with Gasteiger partial charge in [-0.2, -0.15) is 15.0 Å². The average Bonchev–Trinajstić information content (AvgIpc) is 3.19. The first-order chi connectivity index (χ1) is 19.6. The van der Waals surface area contributed by atoms with E-state index in [9.17, 15) is 0 Å². The second kappa shape index (κ2) is 11.4. The molecule has 0 N–H and O–H groups in total. The first-order valence-corrected chi connectivity index (χ1v) is 14.0. The fraction of sp³-hybridized carbons (Fsp3) is 0.257. The van der Waals surface area contributed by atoms with Gasteiger partial charge < -0.3 is 14.8 Å². The normalized spacial score (nSPS) is 14.5. The molecule has 5 aromatic rings. The summed E-state index contributed by atoms with van der Waals surface area (Å²) in [6.07, 6.45) is 2.97. The first kappa shape index (κ1) is 29.6. The molecule has 1 radical (unpaired) electrons. The zero-order valence-corrected chi connectivity index (χ0v) is 27.3. The molecule has 0 saturated heterocycles. The van der Waals surface area contributed by atoms with Crippen LogP contribution in [0.3, 0.4) is 0 Å². The smallest absolute Gasteiger partial charge is 0.235 e. The second-order valence-electron chi connectivity index (χ2n) is 12.1. The molecule has 7 heteroatoms. The number of anilines is 4. The van der Waals surface area contributed by atoms with Gasteiger partial charge >= 0.3 is 0 Å². The van der Waals surface area contributed by atoms with E-state index in [-0.39, 0.29) is 30.9 Å². The van der Waals surface area contributed by atoms with E-state index in [1.807, 2.05) is 103 Å². The summed E-state index contributed by atoms with van der Waals surface area (Å²) in [5.74, 6) is 1.68.